The molecule has 1 fully saturated rings. The molecule has 1 aliphatic rings. The van der Waals surface area contributed by atoms with Crippen LogP contribution in [0.2, 0.25) is 0 Å². The van der Waals surface area contributed by atoms with Crippen molar-refractivity contribution in [2.24, 2.45) is 10.9 Å². The highest BCUT2D eigenvalue weighted by Gasteiger charge is 2.20. The van der Waals surface area contributed by atoms with E-state index in [2.05, 4.69) is 60.6 Å². The van der Waals surface area contributed by atoms with Crippen molar-refractivity contribution in [2.75, 3.05) is 40.3 Å². The first-order valence-electron chi connectivity index (χ1n) is 8.35. The maximum absolute atomic E-state index is 4.94. The van der Waals surface area contributed by atoms with E-state index in [1.807, 2.05) is 11.3 Å². The van der Waals surface area contributed by atoms with Gasteiger partial charge in [-0.3, -0.25) is 4.99 Å². The Morgan fingerprint density at radius 1 is 1.45 bits per heavy atom. The van der Waals surface area contributed by atoms with Crippen LogP contribution < -0.4 is 5.32 Å². The molecular formula is C17H30N4S. The number of thiophene rings is 1. The van der Waals surface area contributed by atoms with Crippen LogP contribution in [0.4, 0.5) is 0 Å². The fraction of sp³-hybridized carbons (Fsp3) is 0.706. The molecule has 0 amide bonds. The lowest BCUT2D eigenvalue weighted by Gasteiger charge is -2.33. The van der Waals surface area contributed by atoms with Crippen LogP contribution in [0.1, 0.15) is 37.6 Å². The molecule has 1 aromatic rings. The van der Waals surface area contributed by atoms with Crippen LogP contribution in [0.3, 0.4) is 0 Å². The number of rotatable bonds is 5. The number of hydrogen-bond donors (Lipinski definition) is 1. The molecule has 1 N–H and O–H groups in total. The van der Waals surface area contributed by atoms with Gasteiger partial charge in [0, 0.05) is 24.5 Å². The molecule has 0 spiro atoms. The molecule has 1 aromatic heterocycles. The number of likely N-dealkylation sites (N-methyl/N-ethyl adjacent to an activating group) is 1. The highest BCUT2D eigenvalue weighted by atomic mass is 32.1. The van der Waals surface area contributed by atoms with Crippen LogP contribution >= 0.6 is 11.3 Å². The standard InChI is InChI=1S/C17H30N4S/c1-5-18-17(21-10-8-14(2)9-11-21)19-13-15(20(3)4)16-7-6-12-22-16/h6-7,12,14-15H,5,8-11,13H2,1-4H3,(H,18,19). The van der Waals surface area contributed by atoms with Gasteiger partial charge in [-0.15, -0.1) is 11.3 Å². The Morgan fingerprint density at radius 2 is 2.18 bits per heavy atom. The van der Waals surface area contributed by atoms with Crippen LogP contribution in [0.15, 0.2) is 22.5 Å². The summed E-state index contributed by atoms with van der Waals surface area (Å²) in [5.41, 5.74) is 0. The number of likely N-dealkylation sites (tertiary alicyclic amines) is 1. The van der Waals surface area contributed by atoms with E-state index in [-0.39, 0.29) is 0 Å². The summed E-state index contributed by atoms with van der Waals surface area (Å²) in [6.45, 7) is 8.47. The third-order valence-corrected chi connectivity index (χ3v) is 5.30. The summed E-state index contributed by atoms with van der Waals surface area (Å²) in [5, 5.41) is 5.61. The van der Waals surface area contributed by atoms with E-state index >= 15 is 0 Å². The molecule has 1 saturated heterocycles. The first-order valence-corrected chi connectivity index (χ1v) is 9.22. The number of nitrogens with zero attached hydrogens (tertiary/aromatic N) is 3. The van der Waals surface area contributed by atoms with E-state index in [0.717, 1.165) is 38.1 Å². The van der Waals surface area contributed by atoms with E-state index < -0.39 is 0 Å². The predicted molar refractivity (Wildman–Crippen MR) is 96.7 cm³/mol. The molecule has 0 radical (unpaired) electrons. The van der Waals surface area contributed by atoms with Crippen molar-refractivity contribution in [3.05, 3.63) is 22.4 Å². The van der Waals surface area contributed by atoms with Gasteiger partial charge in [-0.25, -0.2) is 0 Å². The molecule has 4 nitrogen and oxygen atoms in total. The Hall–Kier alpha value is -1.07. The minimum absolute atomic E-state index is 0.359. The lowest BCUT2D eigenvalue weighted by atomic mass is 10.00. The fourth-order valence-corrected chi connectivity index (χ4v) is 3.72. The number of guanidine groups is 1. The average molecular weight is 323 g/mol. The first-order chi connectivity index (χ1) is 10.6. The number of piperidine rings is 1. The Labute approximate surface area is 139 Å². The van der Waals surface area contributed by atoms with Gasteiger partial charge in [0.15, 0.2) is 5.96 Å². The highest BCUT2D eigenvalue weighted by molar-refractivity contribution is 7.10. The second-order valence-electron chi connectivity index (χ2n) is 6.36. The summed E-state index contributed by atoms with van der Waals surface area (Å²) in [6, 6.07) is 4.69. The quantitative estimate of drug-likeness (QED) is 0.668. The van der Waals surface area contributed by atoms with Crippen molar-refractivity contribution in [2.45, 2.75) is 32.7 Å². The molecular weight excluding hydrogens is 292 g/mol. The van der Waals surface area contributed by atoms with Crippen LogP contribution in [-0.4, -0.2) is 56.0 Å². The van der Waals surface area contributed by atoms with E-state index in [0.29, 0.717) is 6.04 Å². The van der Waals surface area contributed by atoms with Crippen molar-refractivity contribution in [1.82, 2.24) is 15.1 Å². The van der Waals surface area contributed by atoms with Crippen molar-refractivity contribution in [3.63, 3.8) is 0 Å². The largest absolute Gasteiger partial charge is 0.357 e. The summed E-state index contributed by atoms with van der Waals surface area (Å²) >= 11 is 1.82. The summed E-state index contributed by atoms with van der Waals surface area (Å²) in [7, 11) is 4.27. The van der Waals surface area contributed by atoms with Gasteiger partial charge in [0.05, 0.1) is 12.6 Å². The van der Waals surface area contributed by atoms with Crippen molar-refractivity contribution in [3.8, 4) is 0 Å². The molecule has 124 valence electrons. The SMILES string of the molecule is CCNC(=NCC(c1cccs1)N(C)C)N1CCC(C)CC1. The topological polar surface area (TPSA) is 30.9 Å². The van der Waals surface area contributed by atoms with Crippen LogP contribution in [0.25, 0.3) is 0 Å². The van der Waals surface area contributed by atoms with E-state index in [4.69, 9.17) is 4.99 Å². The van der Waals surface area contributed by atoms with Gasteiger partial charge >= 0.3 is 0 Å². The summed E-state index contributed by atoms with van der Waals surface area (Å²) < 4.78 is 0. The molecule has 22 heavy (non-hydrogen) atoms. The van der Waals surface area contributed by atoms with Gasteiger partial charge in [0.2, 0.25) is 0 Å². The summed E-state index contributed by atoms with van der Waals surface area (Å²) in [4.78, 5) is 11.0. The molecule has 0 aliphatic carbocycles. The van der Waals surface area contributed by atoms with Crippen LogP contribution in [0.5, 0.6) is 0 Å². The summed E-state index contributed by atoms with van der Waals surface area (Å²) in [6.07, 6.45) is 2.54. The van der Waals surface area contributed by atoms with Crippen molar-refractivity contribution in [1.29, 1.82) is 0 Å². The van der Waals surface area contributed by atoms with Crippen LogP contribution in [0, 0.1) is 5.92 Å². The fourth-order valence-electron chi connectivity index (χ4n) is 2.81. The third kappa shape index (κ3) is 4.71. The minimum Gasteiger partial charge on any atom is -0.357 e. The van der Waals surface area contributed by atoms with E-state index in [1.165, 1.54) is 17.7 Å². The molecule has 1 atom stereocenters. The van der Waals surface area contributed by atoms with Gasteiger partial charge in [0.1, 0.15) is 0 Å². The van der Waals surface area contributed by atoms with E-state index in [9.17, 15) is 0 Å². The zero-order chi connectivity index (χ0) is 15.9. The predicted octanol–water partition coefficient (Wildman–Crippen LogP) is 3.05. The Balaban J connectivity index is 2.05. The normalized spacial score (nSPS) is 18.8. The molecule has 2 heterocycles. The second-order valence-corrected chi connectivity index (χ2v) is 7.34. The van der Waals surface area contributed by atoms with E-state index in [1.54, 1.807) is 0 Å². The Kier molecular flexibility index (Phi) is 6.70. The Morgan fingerprint density at radius 3 is 2.73 bits per heavy atom. The monoisotopic (exact) mass is 322 g/mol. The zero-order valence-corrected chi connectivity index (χ0v) is 15.2. The smallest absolute Gasteiger partial charge is 0.193 e. The van der Waals surface area contributed by atoms with Crippen molar-refractivity contribution < 1.29 is 0 Å². The molecule has 2 rings (SSSR count). The van der Waals surface area contributed by atoms with Gasteiger partial charge in [0.25, 0.3) is 0 Å². The number of nitrogens with one attached hydrogen (secondary N) is 1. The van der Waals surface area contributed by atoms with Gasteiger partial charge < -0.3 is 15.1 Å². The Bertz CT molecular complexity index is 447. The van der Waals surface area contributed by atoms with Gasteiger partial charge in [-0.1, -0.05) is 13.0 Å². The van der Waals surface area contributed by atoms with Gasteiger partial charge in [-0.05, 0) is 51.2 Å². The van der Waals surface area contributed by atoms with Gasteiger partial charge in [-0.2, -0.15) is 0 Å². The maximum Gasteiger partial charge on any atom is 0.193 e. The molecule has 0 bridgehead atoms. The third-order valence-electron chi connectivity index (χ3n) is 4.33. The average Bonchev–Trinajstić information content (AvgIpc) is 3.01. The second kappa shape index (κ2) is 8.53. The molecule has 0 aromatic carbocycles. The molecule has 5 heteroatoms. The lowest BCUT2D eigenvalue weighted by molar-refractivity contribution is 0.270. The first kappa shape index (κ1) is 17.3. The van der Waals surface area contributed by atoms with Crippen LogP contribution in [-0.2, 0) is 0 Å². The molecule has 1 unspecified atom stereocenters. The zero-order valence-electron chi connectivity index (χ0n) is 14.4. The molecule has 1 aliphatic heterocycles. The minimum atomic E-state index is 0.359. The maximum atomic E-state index is 4.94. The summed E-state index contributed by atoms with van der Waals surface area (Å²) in [5.74, 6) is 1.93. The number of aliphatic imine (C=N–C) groups is 1. The molecule has 0 saturated carbocycles. The lowest BCUT2D eigenvalue weighted by Crippen LogP contribution is -2.45. The number of hydrogen-bond acceptors (Lipinski definition) is 3. The van der Waals surface area contributed by atoms with Crippen molar-refractivity contribution >= 4 is 17.3 Å². The highest BCUT2D eigenvalue weighted by Crippen LogP contribution is 2.23.